The molecular weight excluding hydrogens is 420 g/mol. The Morgan fingerprint density at radius 3 is 2.43 bits per heavy atom. The minimum atomic E-state index is -3.58. The summed E-state index contributed by atoms with van der Waals surface area (Å²) in [4.78, 5) is 13.1. The van der Waals surface area contributed by atoms with Gasteiger partial charge in [-0.2, -0.15) is 0 Å². The Labute approximate surface area is 172 Å². The fourth-order valence-corrected chi connectivity index (χ4v) is 5.29. The van der Waals surface area contributed by atoms with Crippen molar-refractivity contribution in [1.82, 2.24) is 4.72 Å². The Balaban J connectivity index is 1.82. The predicted molar refractivity (Wildman–Crippen MR) is 113 cm³/mol. The number of hydrogen-bond acceptors (Lipinski definition) is 5. The van der Waals surface area contributed by atoms with Crippen LogP contribution in [0.3, 0.4) is 0 Å². The minimum absolute atomic E-state index is 0.131. The van der Waals surface area contributed by atoms with Crippen LogP contribution in [0.1, 0.15) is 23.5 Å². The van der Waals surface area contributed by atoms with Crippen molar-refractivity contribution >= 4 is 54.6 Å². The molecule has 0 unspecified atom stereocenters. The number of benzene rings is 2. The van der Waals surface area contributed by atoms with Crippen LogP contribution in [0.4, 0.5) is 5.69 Å². The lowest BCUT2D eigenvalue weighted by Gasteiger charge is -2.10. The molecule has 0 spiro atoms. The van der Waals surface area contributed by atoms with Crippen LogP contribution in [0.2, 0.25) is 5.02 Å². The van der Waals surface area contributed by atoms with Gasteiger partial charge in [0.25, 0.3) is 5.91 Å². The van der Waals surface area contributed by atoms with Gasteiger partial charge in [-0.05, 0) is 56.3 Å². The maximum absolute atomic E-state index is 12.6. The van der Waals surface area contributed by atoms with E-state index in [0.717, 1.165) is 10.1 Å². The topological polar surface area (TPSA) is 84.5 Å². The van der Waals surface area contributed by atoms with Crippen molar-refractivity contribution < 1.29 is 17.9 Å². The summed E-state index contributed by atoms with van der Waals surface area (Å²) in [5.41, 5.74) is 0.472. The first-order valence-corrected chi connectivity index (χ1v) is 11.1. The predicted octanol–water partition coefficient (Wildman–Crippen LogP) is 4.50. The molecule has 3 aromatic rings. The molecule has 6 nitrogen and oxygen atoms in total. The summed E-state index contributed by atoms with van der Waals surface area (Å²) in [6, 6.07) is 11.2. The van der Waals surface area contributed by atoms with Gasteiger partial charge in [-0.25, -0.2) is 13.1 Å². The van der Waals surface area contributed by atoms with E-state index in [4.69, 9.17) is 16.3 Å². The second-order valence-corrected chi connectivity index (χ2v) is 9.51. The van der Waals surface area contributed by atoms with E-state index >= 15 is 0 Å². The largest absolute Gasteiger partial charge is 0.497 e. The number of hydrogen-bond donors (Lipinski definition) is 2. The monoisotopic (exact) mass is 438 g/mol. The van der Waals surface area contributed by atoms with Gasteiger partial charge in [-0.1, -0.05) is 11.6 Å². The Morgan fingerprint density at radius 1 is 1.14 bits per heavy atom. The van der Waals surface area contributed by atoms with Crippen LogP contribution in [-0.2, 0) is 10.0 Å². The molecule has 0 aliphatic heterocycles. The zero-order chi connectivity index (χ0) is 20.5. The first-order valence-electron chi connectivity index (χ1n) is 8.41. The summed E-state index contributed by atoms with van der Waals surface area (Å²) in [6.07, 6.45) is 0. The van der Waals surface area contributed by atoms with Crippen LogP contribution in [0.5, 0.6) is 5.75 Å². The number of thiophene rings is 1. The molecular formula is C19H19ClN2O4S2. The minimum Gasteiger partial charge on any atom is -0.497 e. The highest BCUT2D eigenvalue weighted by molar-refractivity contribution is 7.89. The van der Waals surface area contributed by atoms with Crippen molar-refractivity contribution in [3.63, 3.8) is 0 Å². The first-order chi connectivity index (χ1) is 13.2. The average Bonchev–Trinajstić information content (AvgIpc) is 2.97. The third-order valence-corrected chi connectivity index (χ3v) is 7.19. The van der Waals surface area contributed by atoms with Gasteiger partial charge in [0, 0.05) is 21.8 Å². The fraction of sp³-hybridized carbons (Fsp3) is 0.211. The molecule has 148 valence electrons. The summed E-state index contributed by atoms with van der Waals surface area (Å²) in [6.45, 7) is 3.49. The van der Waals surface area contributed by atoms with E-state index < -0.39 is 10.0 Å². The Kier molecular flexibility index (Phi) is 5.95. The number of amides is 1. The smallest absolute Gasteiger partial charge is 0.267 e. The van der Waals surface area contributed by atoms with Crippen LogP contribution in [0, 0.1) is 0 Å². The molecule has 0 saturated heterocycles. The number of fused-ring (bicyclic) bond motifs is 1. The first kappa shape index (κ1) is 20.6. The van der Waals surface area contributed by atoms with Crippen molar-refractivity contribution in [2.24, 2.45) is 0 Å². The van der Waals surface area contributed by atoms with E-state index in [0.29, 0.717) is 21.3 Å². The fourth-order valence-electron chi connectivity index (χ4n) is 2.60. The van der Waals surface area contributed by atoms with Gasteiger partial charge in [0.2, 0.25) is 10.0 Å². The molecule has 0 fully saturated rings. The molecule has 0 aliphatic carbocycles. The second kappa shape index (κ2) is 8.08. The summed E-state index contributed by atoms with van der Waals surface area (Å²) in [7, 11) is -2.01. The van der Waals surface area contributed by atoms with Crippen LogP contribution >= 0.6 is 22.9 Å². The van der Waals surface area contributed by atoms with Crippen molar-refractivity contribution in [2.75, 3.05) is 12.4 Å². The van der Waals surface area contributed by atoms with Crippen LogP contribution < -0.4 is 14.8 Å². The van der Waals surface area contributed by atoms with E-state index in [2.05, 4.69) is 10.0 Å². The molecule has 2 N–H and O–H groups in total. The number of nitrogens with one attached hydrogen (secondary N) is 2. The van der Waals surface area contributed by atoms with E-state index in [9.17, 15) is 13.2 Å². The molecule has 0 atom stereocenters. The lowest BCUT2D eigenvalue weighted by Crippen LogP contribution is -2.30. The van der Waals surface area contributed by atoms with Crippen molar-refractivity contribution in [3.8, 4) is 5.75 Å². The molecule has 28 heavy (non-hydrogen) atoms. The number of sulfonamides is 1. The maximum Gasteiger partial charge on any atom is 0.267 e. The van der Waals surface area contributed by atoms with Gasteiger partial charge >= 0.3 is 0 Å². The number of halogens is 1. The highest BCUT2D eigenvalue weighted by Gasteiger charge is 2.19. The van der Waals surface area contributed by atoms with Crippen LogP contribution in [-0.4, -0.2) is 27.5 Å². The van der Waals surface area contributed by atoms with E-state index in [1.54, 1.807) is 27.0 Å². The van der Waals surface area contributed by atoms with Crippen molar-refractivity contribution in [1.29, 1.82) is 0 Å². The standard InChI is InChI=1S/C19H19ClN2O4S2/c1-11(2)22-28(24,25)14-7-4-12(5-8-14)21-19(23)18-17(20)15-9-6-13(26-3)10-16(15)27-18/h4-11,22H,1-3H3,(H,21,23). The van der Waals surface area contributed by atoms with Gasteiger partial charge in [0.15, 0.2) is 0 Å². The molecule has 0 bridgehead atoms. The van der Waals surface area contributed by atoms with Crippen molar-refractivity contribution in [2.45, 2.75) is 24.8 Å². The van der Waals surface area contributed by atoms with Crippen LogP contribution in [0.25, 0.3) is 10.1 Å². The lowest BCUT2D eigenvalue weighted by molar-refractivity contribution is 0.103. The summed E-state index contributed by atoms with van der Waals surface area (Å²) < 4.78 is 32.9. The number of methoxy groups -OCH3 is 1. The second-order valence-electron chi connectivity index (χ2n) is 6.36. The van der Waals surface area contributed by atoms with E-state index in [1.165, 1.54) is 35.6 Å². The lowest BCUT2D eigenvalue weighted by atomic mass is 10.2. The summed E-state index contributed by atoms with van der Waals surface area (Å²) in [5.74, 6) is 0.324. The normalized spacial score (nSPS) is 11.8. The molecule has 1 heterocycles. The maximum atomic E-state index is 12.6. The van der Waals surface area contributed by atoms with Gasteiger partial charge in [0.1, 0.15) is 10.6 Å². The highest BCUT2D eigenvalue weighted by atomic mass is 35.5. The number of carbonyl (C=O) groups is 1. The molecule has 1 amide bonds. The SMILES string of the molecule is COc1ccc2c(Cl)c(C(=O)Nc3ccc(S(=O)(=O)NC(C)C)cc3)sc2c1. The van der Waals surface area contributed by atoms with Crippen molar-refractivity contribution in [3.05, 3.63) is 52.4 Å². The Morgan fingerprint density at radius 2 is 1.82 bits per heavy atom. The molecule has 9 heteroatoms. The molecule has 0 aliphatic rings. The number of anilines is 1. The van der Waals surface area contributed by atoms with E-state index in [-0.39, 0.29) is 16.8 Å². The quantitative estimate of drug-likeness (QED) is 0.593. The molecule has 3 rings (SSSR count). The zero-order valence-electron chi connectivity index (χ0n) is 15.4. The zero-order valence-corrected chi connectivity index (χ0v) is 17.8. The molecule has 0 saturated carbocycles. The molecule has 0 radical (unpaired) electrons. The number of ether oxygens (including phenoxy) is 1. The molecule has 2 aromatic carbocycles. The molecule has 1 aromatic heterocycles. The highest BCUT2D eigenvalue weighted by Crippen LogP contribution is 2.37. The number of rotatable bonds is 6. The third kappa shape index (κ3) is 4.30. The Bertz CT molecular complexity index is 1120. The number of carbonyl (C=O) groups excluding carboxylic acids is 1. The van der Waals surface area contributed by atoms with Gasteiger partial charge in [-0.15, -0.1) is 11.3 Å². The van der Waals surface area contributed by atoms with E-state index in [1.807, 2.05) is 12.1 Å². The third-order valence-electron chi connectivity index (χ3n) is 3.86. The van der Waals surface area contributed by atoms with Gasteiger partial charge in [-0.3, -0.25) is 4.79 Å². The summed E-state index contributed by atoms with van der Waals surface area (Å²) in [5, 5.41) is 3.90. The van der Waals surface area contributed by atoms with Crippen LogP contribution in [0.15, 0.2) is 47.4 Å². The van der Waals surface area contributed by atoms with Gasteiger partial charge < -0.3 is 10.1 Å². The average molecular weight is 439 g/mol. The van der Waals surface area contributed by atoms with Gasteiger partial charge in [0.05, 0.1) is 17.0 Å². The Hall–Kier alpha value is -2.13. The summed E-state index contributed by atoms with van der Waals surface area (Å²) >= 11 is 7.63.